The average Bonchev–Trinajstić information content (AvgIpc) is 2.55. The monoisotopic (exact) mass is 349 g/mol. The summed E-state index contributed by atoms with van der Waals surface area (Å²) in [6.07, 6.45) is 0. The molecular weight excluding hydrogens is 337 g/mol. The molecule has 3 aromatic rings. The van der Waals surface area contributed by atoms with E-state index in [1.807, 2.05) is 18.2 Å². The third-order valence-corrected chi connectivity index (χ3v) is 3.95. The number of aromatic nitrogens is 2. The maximum atomic E-state index is 11.7. The topological polar surface area (TPSA) is 67.0 Å². The normalized spacial score (nSPS) is 11.0. The van der Waals surface area contributed by atoms with Gasteiger partial charge in [0.2, 0.25) is 0 Å². The van der Waals surface area contributed by atoms with Gasteiger partial charge < -0.3 is 0 Å². The Morgan fingerprint density at radius 1 is 1.13 bits per heavy atom. The molecule has 0 amide bonds. The standard InChI is InChI=1S/C16H13Cl2N3O2/c17-11-6-5-10(14(18)7-11)9-23-19-8-15-12-3-1-2-4-13(12)16(22)21-20-15/h1-7,19H,8-9H2,(H,21,22). The number of rotatable bonds is 5. The van der Waals surface area contributed by atoms with Crippen LogP contribution in [-0.4, -0.2) is 10.2 Å². The summed E-state index contributed by atoms with van der Waals surface area (Å²) >= 11 is 11.9. The van der Waals surface area contributed by atoms with Crippen molar-refractivity contribution in [3.05, 3.63) is 74.1 Å². The number of halogens is 2. The second-order valence-electron chi connectivity index (χ2n) is 4.89. The fourth-order valence-electron chi connectivity index (χ4n) is 2.19. The smallest absolute Gasteiger partial charge is 0.272 e. The van der Waals surface area contributed by atoms with Crippen LogP contribution in [0.3, 0.4) is 0 Å². The molecule has 7 heteroatoms. The van der Waals surface area contributed by atoms with Gasteiger partial charge in [0.1, 0.15) is 0 Å². The summed E-state index contributed by atoms with van der Waals surface area (Å²) in [6, 6.07) is 12.5. The lowest BCUT2D eigenvalue weighted by Gasteiger charge is -2.08. The summed E-state index contributed by atoms with van der Waals surface area (Å²) in [5, 5.41) is 9.05. The van der Waals surface area contributed by atoms with E-state index in [0.29, 0.717) is 27.7 Å². The zero-order chi connectivity index (χ0) is 16.2. The molecule has 0 saturated heterocycles. The fourth-order valence-corrected chi connectivity index (χ4v) is 2.66. The second kappa shape index (κ2) is 7.10. The van der Waals surface area contributed by atoms with E-state index in [0.717, 1.165) is 10.9 Å². The van der Waals surface area contributed by atoms with Gasteiger partial charge in [0.25, 0.3) is 5.56 Å². The van der Waals surface area contributed by atoms with Crippen molar-refractivity contribution < 1.29 is 4.84 Å². The molecule has 2 N–H and O–H groups in total. The number of H-pyrrole nitrogens is 1. The molecule has 1 aromatic heterocycles. The van der Waals surface area contributed by atoms with E-state index in [1.54, 1.807) is 24.3 Å². The molecular formula is C16H13Cl2N3O2. The Morgan fingerprint density at radius 3 is 2.70 bits per heavy atom. The second-order valence-corrected chi connectivity index (χ2v) is 5.73. The van der Waals surface area contributed by atoms with E-state index in [4.69, 9.17) is 28.0 Å². The van der Waals surface area contributed by atoms with Gasteiger partial charge in [0, 0.05) is 15.4 Å². The zero-order valence-electron chi connectivity index (χ0n) is 12.0. The van der Waals surface area contributed by atoms with Gasteiger partial charge in [0.05, 0.1) is 24.2 Å². The van der Waals surface area contributed by atoms with Gasteiger partial charge in [-0.05, 0) is 23.8 Å². The maximum Gasteiger partial charge on any atom is 0.272 e. The van der Waals surface area contributed by atoms with Gasteiger partial charge in [-0.1, -0.05) is 47.5 Å². The van der Waals surface area contributed by atoms with Crippen LogP contribution in [0, 0.1) is 0 Å². The lowest BCUT2D eigenvalue weighted by atomic mass is 10.1. The molecule has 0 atom stereocenters. The van der Waals surface area contributed by atoms with Crippen molar-refractivity contribution in [2.24, 2.45) is 0 Å². The highest BCUT2D eigenvalue weighted by Crippen LogP contribution is 2.21. The van der Waals surface area contributed by atoms with Crippen LogP contribution in [0.1, 0.15) is 11.3 Å². The van der Waals surface area contributed by atoms with Gasteiger partial charge in [-0.2, -0.15) is 10.6 Å². The van der Waals surface area contributed by atoms with Crippen LogP contribution in [0.4, 0.5) is 0 Å². The third-order valence-electron chi connectivity index (χ3n) is 3.36. The zero-order valence-corrected chi connectivity index (χ0v) is 13.5. The molecule has 0 unspecified atom stereocenters. The first-order chi connectivity index (χ1) is 11.1. The molecule has 0 bridgehead atoms. The number of aromatic amines is 1. The quantitative estimate of drug-likeness (QED) is 0.546. The molecule has 5 nitrogen and oxygen atoms in total. The Morgan fingerprint density at radius 2 is 1.91 bits per heavy atom. The Balaban J connectivity index is 1.65. The van der Waals surface area contributed by atoms with Crippen LogP contribution in [-0.2, 0) is 18.0 Å². The molecule has 0 radical (unpaired) electrons. The average molecular weight is 350 g/mol. The number of benzene rings is 2. The van der Waals surface area contributed by atoms with E-state index >= 15 is 0 Å². The fraction of sp³-hybridized carbons (Fsp3) is 0.125. The lowest BCUT2D eigenvalue weighted by Crippen LogP contribution is -2.18. The maximum absolute atomic E-state index is 11.7. The van der Waals surface area contributed by atoms with Gasteiger partial charge in [0.15, 0.2) is 0 Å². The molecule has 0 aliphatic rings. The Kier molecular flexibility index (Phi) is 4.93. The highest BCUT2D eigenvalue weighted by atomic mass is 35.5. The van der Waals surface area contributed by atoms with Crippen LogP contribution in [0.15, 0.2) is 47.3 Å². The van der Waals surface area contributed by atoms with E-state index < -0.39 is 0 Å². The minimum absolute atomic E-state index is 0.210. The minimum Gasteiger partial charge on any atom is -0.297 e. The van der Waals surface area contributed by atoms with Crippen LogP contribution in [0.25, 0.3) is 10.8 Å². The van der Waals surface area contributed by atoms with Crippen molar-refractivity contribution in [2.75, 3.05) is 0 Å². The van der Waals surface area contributed by atoms with Gasteiger partial charge in [-0.25, -0.2) is 5.10 Å². The molecule has 1 heterocycles. The highest BCUT2D eigenvalue weighted by Gasteiger charge is 2.06. The van der Waals surface area contributed by atoms with Gasteiger partial charge >= 0.3 is 0 Å². The van der Waals surface area contributed by atoms with Gasteiger partial charge in [-0.3, -0.25) is 9.63 Å². The van der Waals surface area contributed by atoms with E-state index in [2.05, 4.69) is 15.7 Å². The first kappa shape index (κ1) is 16.0. The van der Waals surface area contributed by atoms with Gasteiger partial charge in [-0.15, -0.1) is 0 Å². The van der Waals surface area contributed by atoms with Crippen molar-refractivity contribution in [1.82, 2.24) is 15.7 Å². The SMILES string of the molecule is O=c1[nH]nc(CNOCc2ccc(Cl)cc2Cl)c2ccccc12. The highest BCUT2D eigenvalue weighted by molar-refractivity contribution is 6.35. The molecule has 0 aliphatic heterocycles. The Hall–Kier alpha value is -1.92. The van der Waals surface area contributed by atoms with Crippen molar-refractivity contribution in [1.29, 1.82) is 0 Å². The molecule has 3 rings (SSSR count). The molecule has 2 aromatic carbocycles. The summed E-state index contributed by atoms with van der Waals surface area (Å²) in [4.78, 5) is 17.1. The summed E-state index contributed by atoms with van der Waals surface area (Å²) in [5.41, 5.74) is 4.14. The van der Waals surface area contributed by atoms with Crippen molar-refractivity contribution in [3.8, 4) is 0 Å². The number of fused-ring (bicyclic) bond motifs is 1. The largest absolute Gasteiger partial charge is 0.297 e. The summed E-state index contributed by atoms with van der Waals surface area (Å²) in [7, 11) is 0. The van der Waals surface area contributed by atoms with Crippen LogP contribution < -0.4 is 11.0 Å². The summed E-state index contributed by atoms with van der Waals surface area (Å²) in [5.74, 6) is 0. The van der Waals surface area contributed by atoms with Crippen LogP contribution in [0.5, 0.6) is 0 Å². The predicted molar refractivity (Wildman–Crippen MR) is 90.5 cm³/mol. The van der Waals surface area contributed by atoms with E-state index in [-0.39, 0.29) is 12.2 Å². The van der Waals surface area contributed by atoms with E-state index in [1.165, 1.54) is 0 Å². The minimum atomic E-state index is -0.210. The molecule has 0 aliphatic carbocycles. The van der Waals surface area contributed by atoms with Crippen LogP contribution in [0.2, 0.25) is 10.0 Å². The van der Waals surface area contributed by atoms with E-state index in [9.17, 15) is 4.79 Å². The summed E-state index contributed by atoms with van der Waals surface area (Å²) in [6.45, 7) is 0.639. The number of hydroxylamine groups is 1. The predicted octanol–water partition coefficient (Wildman–Crippen LogP) is 3.45. The third kappa shape index (κ3) is 3.71. The number of nitrogens with zero attached hydrogens (tertiary/aromatic N) is 1. The number of nitrogens with one attached hydrogen (secondary N) is 2. The first-order valence-electron chi connectivity index (χ1n) is 6.90. The number of hydrogen-bond acceptors (Lipinski definition) is 4. The summed E-state index contributed by atoms with van der Waals surface area (Å²) < 4.78 is 0. The molecule has 118 valence electrons. The molecule has 0 saturated carbocycles. The molecule has 0 spiro atoms. The lowest BCUT2D eigenvalue weighted by molar-refractivity contribution is 0.0230. The molecule has 0 fully saturated rings. The van der Waals surface area contributed by atoms with Crippen molar-refractivity contribution in [2.45, 2.75) is 13.2 Å². The van der Waals surface area contributed by atoms with Crippen molar-refractivity contribution >= 4 is 34.0 Å². The molecule has 23 heavy (non-hydrogen) atoms. The first-order valence-corrected chi connectivity index (χ1v) is 7.65. The van der Waals surface area contributed by atoms with Crippen LogP contribution >= 0.6 is 23.2 Å². The van der Waals surface area contributed by atoms with Crippen molar-refractivity contribution in [3.63, 3.8) is 0 Å². The number of hydrogen-bond donors (Lipinski definition) is 2. The Bertz CT molecular complexity index is 896. The Labute approximate surface area is 142 Å².